The molecule has 1 aromatic heterocycles. The molecule has 7 nitrogen and oxygen atoms in total. The summed E-state index contributed by atoms with van der Waals surface area (Å²) in [5.41, 5.74) is 0.937. The molecule has 0 aliphatic heterocycles. The van der Waals surface area contributed by atoms with Gasteiger partial charge >= 0.3 is 18.1 Å². The van der Waals surface area contributed by atoms with Crippen molar-refractivity contribution in [3.63, 3.8) is 0 Å². The van der Waals surface area contributed by atoms with Crippen LogP contribution in [0.1, 0.15) is 36.3 Å². The van der Waals surface area contributed by atoms with Gasteiger partial charge < -0.3 is 15.5 Å². The van der Waals surface area contributed by atoms with E-state index in [1.165, 1.54) is 6.20 Å². The van der Waals surface area contributed by atoms with Crippen LogP contribution in [0.15, 0.2) is 6.20 Å². The molecule has 0 spiro atoms. The van der Waals surface area contributed by atoms with E-state index in [0.29, 0.717) is 23.1 Å². The summed E-state index contributed by atoms with van der Waals surface area (Å²) in [5, 5.41) is 19.2. The van der Waals surface area contributed by atoms with Gasteiger partial charge in [-0.2, -0.15) is 13.2 Å². The van der Waals surface area contributed by atoms with Crippen LogP contribution in [-0.4, -0.2) is 44.3 Å². The molecule has 1 atom stereocenters. The number of carboxylic acid groups (broad SMARTS) is 2. The molecule has 23 heavy (non-hydrogen) atoms. The van der Waals surface area contributed by atoms with E-state index >= 15 is 0 Å². The molecule has 1 saturated carbocycles. The van der Waals surface area contributed by atoms with Gasteiger partial charge in [-0.05, 0) is 18.8 Å². The van der Waals surface area contributed by atoms with Gasteiger partial charge in [0.25, 0.3) is 0 Å². The molecular weight excluding hydrogens is 319 g/mol. The van der Waals surface area contributed by atoms with Crippen molar-refractivity contribution in [3.8, 4) is 0 Å². The fraction of sp³-hybridized carbons (Fsp3) is 0.538. The van der Waals surface area contributed by atoms with Crippen molar-refractivity contribution in [3.05, 3.63) is 17.5 Å². The highest BCUT2D eigenvalue weighted by Gasteiger charge is 2.46. The van der Waals surface area contributed by atoms with Gasteiger partial charge in [-0.15, -0.1) is 0 Å². The third-order valence-corrected chi connectivity index (χ3v) is 3.27. The zero-order chi connectivity index (χ0) is 18.0. The van der Waals surface area contributed by atoms with Gasteiger partial charge in [-0.25, -0.2) is 19.6 Å². The van der Waals surface area contributed by atoms with Crippen molar-refractivity contribution in [2.24, 2.45) is 5.41 Å². The van der Waals surface area contributed by atoms with Gasteiger partial charge in [0.05, 0.1) is 11.3 Å². The minimum Gasteiger partial charge on any atom is -0.478 e. The summed E-state index contributed by atoms with van der Waals surface area (Å²) in [6.45, 7) is 6.01. The van der Waals surface area contributed by atoms with Crippen LogP contribution in [-0.2, 0) is 4.79 Å². The van der Waals surface area contributed by atoms with Crippen LogP contribution >= 0.6 is 0 Å². The first-order chi connectivity index (χ1) is 10.3. The smallest absolute Gasteiger partial charge is 0.478 e. The van der Waals surface area contributed by atoms with E-state index in [1.807, 2.05) is 0 Å². The van der Waals surface area contributed by atoms with Crippen LogP contribution in [0.3, 0.4) is 0 Å². The molecule has 128 valence electrons. The van der Waals surface area contributed by atoms with E-state index in [-0.39, 0.29) is 5.56 Å². The van der Waals surface area contributed by atoms with Crippen LogP contribution in [0.5, 0.6) is 0 Å². The summed E-state index contributed by atoms with van der Waals surface area (Å²) in [5.74, 6) is -3.23. The van der Waals surface area contributed by atoms with Gasteiger partial charge in [-0.3, -0.25) is 0 Å². The molecule has 0 unspecified atom stereocenters. The number of halogens is 3. The number of carbonyl (C=O) groups is 2. The molecule has 1 aliphatic rings. The van der Waals surface area contributed by atoms with Crippen molar-refractivity contribution in [2.45, 2.75) is 39.4 Å². The van der Waals surface area contributed by atoms with E-state index in [9.17, 15) is 18.0 Å². The number of carboxylic acids is 2. The molecule has 0 aromatic carbocycles. The third-order valence-electron chi connectivity index (χ3n) is 3.27. The maximum absolute atomic E-state index is 10.8. The predicted molar refractivity (Wildman–Crippen MR) is 73.2 cm³/mol. The first kappa shape index (κ1) is 18.7. The molecule has 10 heteroatoms. The number of hydrogen-bond donors (Lipinski definition) is 3. The molecule has 0 bridgehead atoms. The molecular formula is C13H16F3N3O4. The lowest BCUT2D eigenvalue weighted by atomic mass is 10.2. The Bertz CT molecular complexity index is 617. The molecule has 3 N–H and O–H groups in total. The number of aryl methyl sites for hydroxylation is 1. The molecule has 0 amide bonds. The lowest BCUT2D eigenvalue weighted by molar-refractivity contribution is -0.192. The summed E-state index contributed by atoms with van der Waals surface area (Å²) >= 11 is 0. The molecule has 1 aromatic rings. The largest absolute Gasteiger partial charge is 0.490 e. The Morgan fingerprint density at radius 3 is 2.13 bits per heavy atom. The van der Waals surface area contributed by atoms with Crippen molar-refractivity contribution in [1.29, 1.82) is 0 Å². The fourth-order valence-corrected chi connectivity index (χ4v) is 1.62. The van der Waals surface area contributed by atoms with Gasteiger partial charge in [0.15, 0.2) is 0 Å². The number of nitrogens with zero attached hydrogens (tertiary/aromatic N) is 2. The number of alkyl halides is 3. The zero-order valence-electron chi connectivity index (χ0n) is 12.6. The number of aromatic nitrogens is 2. The van der Waals surface area contributed by atoms with Gasteiger partial charge in [0, 0.05) is 12.2 Å². The second-order valence-electron chi connectivity index (χ2n) is 5.69. The molecule has 1 fully saturated rings. The Morgan fingerprint density at radius 1 is 1.35 bits per heavy atom. The second-order valence-corrected chi connectivity index (χ2v) is 5.69. The van der Waals surface area contributed by atoms with Crippen molar-refractivity contribution >= 4 is 17.9 Å². The summed E-state index contributed by atoms with van der Waals surface area (Å²) < 4.78 is 31.7. The highest BCUT2D eigenvalue weighted by Crippen LogP contribution is 2.46. The lowest BCUT2D eigenvalue weighted by Crippen LogP contribution is -2.21. The standard InChI is InChI=1S/C11H15N3O2.C2HF3O2/c1-6-7(9(15)16)5-12-10(13-6)14-8-4-11(8,2)3;3-2(4,5)1(6)7/h5,8H,4H2,1-3H3,(H,15,16)(H,12,13,14);(H,6,7)/t8-;/m0./s1. The number of aromatic carboxylic acids is 1. The van der Waals surface area contributed by atoms with E-state index in [0.717, 1.165) is 6.42 Å². The number of hydrogen-bond acceptors (Lipinski definition) is 5. The third kappa shape index (κ3) is 5.38. The summed E-state index contributed by atoms with van der Waals surface area (Å²) in [4.78, 5) is 27.8. The van der Waals surface area contributed by atoms with Crippen LogP contribution in [0, 0.1) is 12.3 Å². The van der Waals surface area contributed by atoms with Gasteiger partial charge in [-0.1, -0.05) is 13.8 Å². The summed E-state index contributed by atoms with van der Waals surface area (Å²) in [6.07, 6.45) is -2.64. The average Bonchev–Trinajstić information content (AvgIpc) is 2.95. The van der Waals surface area contributed by atoms with Crippen LogP contribution in [0.4, 0.5) is 19.1 Å². The van der Waals surface area contributed by atoms with E-state index in [2.05, 4.69) is 29.1 Å². The van der Waals surface area contributed by atoms with Crippen LogP contribution < -0.4 is 5.32 Å². The quantitative estimate of drug-likeness (QED) is 0.777. The fourth-order valence-electron chi connectivity index (χ4n) is 1.62. The van der Waals surface area contributed by atoms with E-state index < -0.39 is 18.1 Å². The Morgan fingerprint density at radius 2 is 1.83 bits per heavy atom. The number of aliphatic carboxylic acids is 1. The minimum absolute atomic E-state index is 0.153. The molecule has 1 aliphatic carbocycles. The zero-order valence-corrected chi connectivity index (χ0v) is 12.6. The van der Waals surface area contributed by atoms with E-state index in [4.69, 9.17) is 15.0 Å². The number of nitrogens with one attached hydrogen (secondary N) is 1. The maximum Gasteiger partial charge on any atom is 0.490 e. The van der Waals surface area contributed by atoms with Crippen molar-refractivity contribution < 1.29 is 33.0 Å². The number of rotatable bonds is 3. The Hall–Kier alpha value is -2.39. The Balaban J connectivity index is 0.000000322. The van der Waals surface area contributed by atoms with Gasteiger partial charge in [0.2, 0.25) is 5.95 Å². The monoisotopic (exact) mass is 335 g/mol. The van der Waals surface area contributed by atoms with Crippen LogP contribution in [0.25, 0.3) is 0 Å². The minimum atomic E-state index is -5.08. The molecule has 1 heterocycles. The van der Waals surface area contributed by atoms with Gasteiger partial charge in [0.1, 0.15) is 0 Å². The average molecular weight is 335 g/mol. The molecule has 2 rings (SSSR count). The maximum atomic E-state index is 10.8. The van der Waals surface area contributed by atoms with Crippen molar-refractivity contribution in [1.82, 2.24) is 9.97 Å². The predicted octanol–water partition coefficient (Wildman–Crippen LogP) is 2.33. The Labute approximate surface area is 129 Å². The highest BCUT2D eigenvalue weighted by atomic mass is 19.4. The Kier molecular flexibility index (Phi) is 5.18. The lowest BCUT2D eigenvalue weighted by Gasteiger charge is -2.07. The number of anilines is 1. The summed E-state index contributed by atoms with van der Waals surface area (Å²) in [6, 6.07) is 0.391. The van der Waals surface area contributed by atoms with Crippen LogP contribution in [0.2, 0.25) is 0 Å². The topological polar surface area (TPSA) is 112 Å². The normalized spacial score (nSPS) is 18.4. The van der Waals surface area contributed by atoms with E-state index in [1.54, 1.807) is 6.92 Å². The SMILES string of the molecule is Cc1nc(N[C@H]2CC2(C)C)ncc1C(=O)O.O=C(O)C(F)(F)F. The van der Waals surface area contributed by atoms with Crippen molar-refractivity contribution in [2.75, 3.05) is 5.32 Å². The molecule has 0 radical (unpaired) electrons. The summed E-state index contributed by atoms with van der Waals surface area (Å²) in [7, 11) is 0. The highest BCUT2D eigenvalue weighted by molar-refractivity contribution is 5.88. The first-order valence-corrected chi connectivity index (χ1v) is 6.48. The first-order valence-electron chi connectivity index (χ1n) is 6.48. The molecule has 0 saturated heterocycles. The second kappa shape index (κ2) is 6.39.